The first-order chi connectivity index (χ1) is 13.3. The van der Waals surface area contributed by atoms with Crippen molar-refractivity contribution < 1.29 is 22.8 Å². The monoisotopic (exact) mass is 412 g/mol. The predicted molar refractivity (Wildman–Crippen MR) is 98.1 cm³/mol. The molecule has 0 aliphatic carbocycles. The summed E-state index contributed by atoms with van der Waals surface area (Å²) in [6.45, 7) is 1.45. The van der Waals surface area contributed by atoms with Gasteiger partial charge in [0.15, 0.2) is 0 Å². The largest absolute Gasteiger partial charge is 0.418 e. The maximum absolute atomic E-state index is 13.1. The Morgan fingerprint density at radius 2 is 1.79 bits per heavy atom. The van der Waals surface area contributed by atoms with Gasteiger partial charge in [0.05, 0.1) is 11.3 Å². The van der Waals surface area contributed by atoms with Crippen LogP contribution in [0.5, 0.6) is 0 Å². The summed E-state index contributed by atoms with van der Waals surface area (Å²) in [6.07, 6.45) is -3.06. The van der Waals surface area contributed by atoms with Crippen molar-refractivity contribution in [2.45, 2.75) is 6.18 Å². The van der Waals surface area contributed by atoms with E-state index in [1.807, 2.05) is 22.3 Å². The van der Waals surface area contributed by atoms with Gasteiger partial charge in [0.2, 0.25) is 0 Å². The van der Waals surface area contributed by atoms with E-state index < -0.39 is 29.2 Å². The molecule has 0 radical (unpaired) electrons. The number of nitrogens with one attached hydrogen (secondary N) is 1. The van der Waals surface area contributed by atoms with E-state index in [2.05, 4.69) is 4.98 Å². The first kappa shape index (κ1) is 19.9. The van der Waals surface area contributed by atoms with Gasteiger partial charge >= 0.3 is 18.0 Å². The topological polar surface area (TPSA) is 65.5 Å². The number of pyridine rings is 1. The predicted octanol–water partition coefficient (Wildman–Crippen LogP) is 3.04. The summed E-state index contributed by atoms with van der Waals surface area (Å²) >= 11 is 5.61. The number of rotatable bonds is 2. The van der Waals surface area contributed by atoms with Crippen LogP contribution in [0.15, 0.2) is 42.6 Å². The van der Waals surface area contributed by atoms with E-state index >= 15 is 0 Å². The van der Waals surface area contributed by atoms with Crippen molar-refractivity contribution in [1.29, 1.82) is 0 Å². The number of alkyl halides is 3. The smallest absolute Gasteiger partial charge is 0.353 e. The summed E-state index contributed by atoms with van der Waals surface area (Å²) in [6, 6.07) is 8.41. The first-order valence-corrected chi connectivity index (χ1v) is 8.76. The number of anilines is 2. The average molecular weight is 413 g/mol. The lowest BCUT2D eigenvalue weighted by Crippen LogP contribution is -2.51. The van der Waals surface area contributed by atoms with Gasteiger partial charge in [-0.3, -0.25) is 9.59 Å². The third-order valence-electron chi connectivity index (χ3n) is 4.27. The molecule has 0 bridgehead atoms. The summed E-state index contributed by atoms with van der Waals surface area (Å²) in [7, 11) is 0. The highest BCUT2D eigenvalue weighted by Crippen LogP contribution is 2.36. The van der Waals surface area contributed by atoms with E-state index in [9.17, 15) is 22.8 Å². The molecule has 148 valence electrons. The maximum atomic E-state index is 13.1. The molecule has 10 heteroatoms. The van der Waals surface area contributed by atoms with E-state index in [0.29, 0.717) is 19.2 Å². The lowest BCUT2D eigenvalue weighted by atomic mass is 10.1. The van der Waals surface area contributed by atoms with Crippen molar-refractivity contribution >= 4 is 34.9 Å². The summed E-state index contributed by atoms with van der Waals surface area (Å²) in [5, 5.41) is 1.93. The Morgan fingerprint density at radius 1 is 1.07 bits per heavy atom. The molecule has 1 aromatic heterocycles. The fraction of sp³-hybridized carbons (Fsp3) is 0.278. The van der Waals surface area contributed by atoms with Crippen LogP contribution in [-0.4, -0.2) is 47.9 Å². The van der Waals surface area contributed by atoms with E-state index in [1.165, 1.54) is 11.0 Å². The highest BCUT2D eigenvalue weighted by molar-refractivity contribution is 6.39. The SMILES string of the molecule is O=C(Nc1ccc(Cl)cc1C(F)(F)F)C(=O)N1CCN(c2ccccn2)CC1. The third kappa shape index (κ3) is 4.53. The zero-order chi connectivity index (χ0) is 20.3. The number of hydrogen-bond donors (Lipinski definition) is 1. The van der Waals surface area contributed by atoms with Crippen LogP contribution in [0, 0.1) is 0 Å². The Kier molecular flexibility index (Phi) is 5.73. The molecule has 0 spiro atoms. The summed E-state index contributed by atoms with van der Waals surface area (Å²) < 4.78 is 39.4. The van der Waals surface area contributed by atoms with Crippen molar-refractivity contribution in [3.63, 3.8) is 0 Å². The minimum atomic E-state index is -4.72. The standard InChI is InChI=1S/C18H16ClF3N4O2/c19-12-4-5-14(13(11-12)18(20,21)22)24-16(27)17(28)26-9-7-25(8-10-26)15-3-1-2-6-23-15/h1-6,11H,7-10H2,(H,24,27). The number of amides is 2. The van der Waals surface area contributed by atoms with Gasteiger partial charge in [-0.15, -0.1) is 0 Å². The van der Waals surface area contributed by atoms with E-state index in [1.54, 1.807) is 12.3 Å². The Hall–Kier alpha value is -2.81. The molecule has 1 N–H and O–H groups in total. The van der Waals surface area contributed by atoms with Gasteiger partial charge in [-0.2, -0.15) is 13.2 Å². The molecule has 2 amide bonds. The van der Waals surface area contributed by atoms with Crippen LogP contribution >= 0.6 is 11.6 Å². The number of nitrogens with zero attached hydrogens (tertiary/aromatic N) is 3. The average Bonchev–Trinajstić information content (AvgIpc) is 2.68. The molecule has 28 heavy (non-hydrogen) atoms. The second kappa shape index (κ2) is 8.05. The molecular formula is C18H16ClF3N4O2. The van der Waals surface area contributed by atoms with Crippen LogP contribution in [0.2, 0.25) is 5.02 Å². The van der Waals surface area contributed by atoms with Crippen LogP contribution in [0.25, 0.3) is 0 Å². The second-order valence-electron chi connectivity index (χ2n) is 6.11. The fourth-order valence-corrected chi connectivity index (χ4v) is 3.03. The first-order valence-electron chi connectivity index (χ1n) is 8.38. The fourth-order valence-electron chi connectivity index (χ4n) is 2.86. The van der Waals surface area contributed by atoms with E-state index in [-0.39, 0.29) is 18.1 Å². The van der Waals surface area contributed by atoms with Gasteiger partial charge in [0.1, 0.15) is 5.82 Å². The molecule has 2 aromatic rings. The Morgan fingerprint density at radius 3 is 2.39 bits per heavy atom. The number of carbonyl (C=O) groups is 2. The van der Waals surface area contributed by atoms with Gasteiger partial charge < -0.3 is 15.1 Å². The number of halogens is 4. The van der Waals surface area contributed by atoms with Crippen molar-refractivity contribution in [2.24, 2.45) is 0 Å². The molecule has 0 unspecified atom stereocenters. The quantitative estimate of drug-likeness (QED) is 0.770. The van der Waals surface area contributed by atoms with Gasteiger partial charge in [0.25, 0.3) is 0 Å². The number of hydrogen-bond acceptors (Lipinski definition) is 4. The number of benzene rings is 1. The molecule has 1 aliphatic heterocycles. The van der Waals surface area contributed by atoms with Crippen LogP contribution < -0.4 is 10.2 Å². The number of aromatic nitrogens is 1. The molecule has 2 heterocycles. The van der Waals surface area contributed by atoms with Crippen molar-refractivity contribution in [3.05, 3.63) is 53.2 Å². The van der Waals surface area contributed by atoms with E-state index in [4.69, 9.17) is 11.6 Å². The molecule has 3 rings (SSSR count). The van der Waals surface area contributed by atoms with Crippen molar-refractivity contribution in [3.8, 4) is 0 Å². The van der Waals surface area contributed by atoms with Crippen molar-refractivity contribution in [2.75, 3.05) is 36.4 Å². The van der Waals surface area contributed by atoms with Crippen LogP contribution in [0.3, 0.4) is 0 Å². The van der Waals surface area contributed by atoms with Gasteiger partial charge in [-0.25, -0.2) is 4.98 Å². The third-order valence-corrected chi connectivity index (χ3v) is 4.50. The molecule has 1 aliphatic rings. The zero-order valence-electron chi connectivity index (χ0n) is 14.5. The van der Waals surface area contributed by atoms with Gasteiger partial charge in [-0.05, 0) is 30.3 Å². The minimum absolute atomic E-state index is 0.123. The molecule has 1 aromatic carbocycles. The molecule has 0 saturated carbocycles. The Balaban J connectivity index is 1.64. The molecule has 1 fully saturated rings. The summed E-state index contributed by atoms with van der Waals surface area (Å²) in [5.74, 6) is -1.25. The number of carbonyl (C=O) groups excluding carboxylic acids is 2. The zero-order valence-corrected chi connectivity index (χ0v) is 15.3. The van der Waals surface area contributed by atoms with E-state index in [0.717, 1.165) is 11.9 Å². The molecule has 1 saturated heterocycles. The highest BCUT2D eigenvalue weighted by Gasteiger charge is 2.35. The van der Waals surface area contributed by atoms with Crippen LogP contribution in [-0.2, 0) is 15.8 Å². The summed E-state index contributed by atoms with van der Waals surface area (Å²) in [5.41, 5.74) is -1.62. The molecule has 6 nitrogen and oxygen atoms in total. The lowest BCUT2D eigenvalue weighted by molar-refractivity contribution is -0.143. The van der Waals surface area contributed by atoms with Crippen molar-refractivity contribution in [1.82, 2.24) is 9.88 Å². The minimum Gasteiger partial charge on any atom is -0.353 e. The number of piperazine rings is 1. The second-order valence-corrected chi connectivity index (χ2v) is 6.55. The Bertz CT molecular complexity index is 869. The normalized spacial score (nSPS) is 14.7. The van der Waals surface area contributed by atoms with Gasteiger partial charge in [0, 0.05) is 37.4 Å². The highest BCUT2D eigenvalue weighted by atomic mass is 35.5. The molecule has 0 atom stereocenters. The summed E-state index contributed by atoms with van der Waals surface area (Å²) in [4.78, 5) is 32.0. The van der Waals surface area contributed by atoms with Crippen LogP contribution in [0.1, 0.15) is 5.56 Å². The molecular weight excluding hydrogens is 397 g/mol. The Labute approximate surface area is 163 Å². The van der Waals surface area contributed by atoms with Gasteiger partial charge in [-0.1, -0.05) is 17.7 Å². The van der Waals surface area contributed by atoms with Crippen LogP contribution in [0.4, 0.5) is 24.7 Å². The lowest BCUT2D eigenvalue weighted by Gasteiger charge is -2.35. The maximum Gasteiger partial charge on any atom is 0.418 e.